The van der Waals surface area contributed by atoms with Crippen LogP contribution in [0.15, 0.2) is 10.9 Å². The highest BCUT2D eigenvalue weighted by molar-refractivity contribution is 5.96. The van der Waals surface area contributed by atoms with Crippen LogP contribution in [0.3, 0.4) is 0 Å². The van der Waals surface area contributed by atoms with E-state index in [0.29, 0.717) is 37.6 Å². The fourth-order valence-corrected chi connectivity index (χ4v) is 2.65. The van der Waals surface area contributed by atoms with Gasteiger partial charge in [0.2, 0.25) is 17.7 Å². The lowest BCUT2D eigenvalue weighted by molar-refractivity contribution is -0.149. The van der Waals surface area contributed by atoms with Gasteiger partial charge < -0.3 is 14.7 Å². The van der Waals surface area contributed by atoms with Gasteiger partial charge in [-0.2, -0.15) is 4.98 Å². The van der Waals surface area contributed by atoms with Crippen molar-refractivity contribution < 1.29 is 14.1 Å². The van der Waals surface area contributed by atoms with Crippen molar-refractivity contribution in [2.45, 2.75) is 52.1 Å². The van der Waals surface area contributed by atoms with Crippen LogP contribution in [-0.2, 0) is 16.0 Å². The fourth-order valence-electron chi connectivity index (χ4n) is 2.65. The van der Waals surface area contributed by atoms with Gasteiger partial charge in [-0.1, -0.05) is 25.9 Å². The molecular formula is C14H22N4O3. The molecule has 1 aliphatic rings. The molecule has 7 heteroatoms. The third kappa shape index (κ3) is 3.59. The van der Waals surface area contributed by atoms with E-state index in [-0.39, 0.29) is 11.8 Å². The van der Waals surface area contributed by atoms with E-state index in [1.54, 1.807) is 4.90 Å². The van der Waals surface area contributed by atoms with Crippen molar-refractivity contribution >= 4 is 11.8 Å². The number of nitrogens with one attached hydrogen (secondary N) is 1. The van der Waals surface area contributed by atoms with Gasteiger partial charge >= 0.3 is 0 Å². The molecule has 2 atom stereocenters. The Labute approximate surface area is 124 Å². The van der Waals surface area contributed by atoms with Gasteiger partial charge in [0.15, 0.2) is 6.33 Å². The van der Waals surface area contributed by atoms with Gasteiger partial charge in [-0.25, -0.2) is 0 Å². The van der Waals surface area contributed by atoms with E-state index in [9.17, 15) is 9.59 Å². The van der Waals surface area contributed by atoms with Gasteiger partial charge in [0.05, 0.1) is 0 Å². The largest absolute Gasteiger partial charge is 0.342 e. The van der Waals surface area contributed by atoms with Gasteiger partial charge in [0.1, 0.15) is 12.1 Å². The molecular weight excluding hydrogens is 272 g/mol. The Morgan fingerprint density at radius 3 is 2.76 bits per heavy atom. The molecule has 0 aliphatic carbocycles. The molecule has 2 amide bonds. The molecule has 1 aromatic heterocycles. The van der Waals surface area contributed by atoms with Crippen LogP contribution in [0.25, 0.3) is 0 Å². The summed E-state index contributed by atoms with van der Waals surface area (Å²) in [6.45, 7) is 6.39. The van der Waals surface area contributed by atoms with Crippen molar-refractivity contribution in [3.05, 3.63) is 12.2 Å². The smallest absolute Gasteiger partial charge is 0.245 e. The normalized spacial score (nSPS) is 22.8. The Morgan fingerprint density at radius 2 is 2.19 bits per heavy atom. The summed E-state index contributed by atoms with van der Waals surface area (Å²) in [5, 5.41) is 6.38. The van der Waals surface area contributed by atoms with Crippen molar-refractivity contribution in [3.63, 3.8) is 0 Å². The summed E-state index contributed by atoms with van der Waals surface area (Å²) in [5.41, 5.74) is 0. The van der Waals surface area contributed by atoms with Gasteiger partial charge in [-0.3, -0.25) is 9.59 Å². The fraction of sp³-hybridized carbons (Fsp3) is 0.714. The van der Waals surface area contributed by atoms with Crippen molar-refractivity contribution in [2.75, 3.05) is 6.54 Å². The van der Waals surface area contributed by atoms with Gasteiger partial charge in [0, 0.05) is 13.0 Å². The first-order valence-corrected chi connectivity index (χ1v) is 7.39. The number of hydrogen-bond donors (Lipinski definition) is 1. The molecule has 0 bridgehead atoms. The number of aromatic nitrogens is 2. The van der Waals surface area contributed by atoms with Crippen LogP contribution >= 0.6 is 0 Å². The molecule has 116 valence electrons. The lowest BCUT2D eigenvalue weighted by Gasteiger charge is -2.39. The Kier molecular flexibility index (Phi) is 4.93. The average Bonchev–Trinajstić information content (AvgIpc) is 2.93. The summed E-state index contributed by atoms with van der Waals surface area (Å²) < 4.78 is 4.95. The summed E-state index contributed by atoms with van der Waals surface area (Å²) in [4.78, 5) is 30.4. The van der Waals surface area contributed by atoms with Crippen molar-refractivity contribution in [1.29, 1.82) is 0 Å². The van der Waals surface area contributed by atoms with Gasteiger partial charge in [0.25, 0.3) is 0 Å². The van der Waals surface area contributed by atoms with Crippen LogP contribution in [0.2, 0.25) is 0 Å². The highest BCUT2D eigenvalue weighted by atomic mass is 16.5. The van der Waals surface area contributed by atoms with Crippen LogP contribution in [0, 0.1) is 5.92 Å². The molecule has 2 heterocycles. The summed E-state index contributed by atoms with van der Waals surface area (Å²) >= 11 is 0. The van der Waals surface area contributed by atoms with Crippen LogP contribution in [0.1, 0.15) is 39.5 Å². The predicted octanol–water partition coefficient (Wildman–Crippen LogP) is 0.764. The quantitative estimate of drug-likeness (QED) is 0.837. The molecule has 0 spiro atoms. The predicted molar refractivity (Wildman–Crippen MR) is 75.2 cm³/mol. The molecule has 1 aliphatic heterocycles. The molecule has 0 saturated carbocycles. The number of amides is 2. The van der Waals surface area contributed by atoms with E-state index in [1.165, 1.54) is 6.33 Å². The summed E-state index contributed by atoms with van der Waals surface area (Å²) in [6.07, 6.45) is 3.04. The zero-order valence-corrected chi connectivity index (χ0v) is 12.7. The first kappa shape index (κ1) is 15.5. The van der Waals surface area contributed by atoms with Crippen molar-refractivity contribution in [1.82, 2.24) is 20.4 Å². The number of piperazine rings is 1. The average molecular weight is 294 g/mol. The maximum Gasteiger partial charge on any atom is 0.245 e. The molecule has 21 heavy (non-hydrogen) atoms. The summed E-state index contributed by atoms with van der Waals surface area (Å²) in [5.74, 6) is 0.724. The first-order valence-electron chi connectivity index (χ1n) is 7.39. The van der Waals surface area contributed by atoms with E-state index in [4.69, 9.17) is 4.52 Å². The highest BCUT2D eigenvalue weighted by Gasteiger charge is 2.39. The molecule has 2 unspecified atom stereocenters. The number of rotatable bonds is 6. The minimum Gasteiger partial charge on any atom is -0.342 e. The number of carbonyl (C=O) groups is 2. The van der Waals surface area contributed by atoms with E-state index in [2.05, 4.69) is 15.5 Å². The molecule has 0 radical (unpaired) electrons. The second kappa shape index (κ2) is 6.69. The Balaban J connectivity index is 2.08. The van der Waals surface area contributed by atoms with Crippen LogP contribution in [-0.4, -0.2) is 45.5 Å². The third-order valence-corrected chi connectivity index (χ3v) is 3.64. The minimum absolute atomic E-state index is 0.0188. The third-order valence-electron chi connectivity index (χ3n) is 3.64. The van der Waals surface area contributed by atoms with E-state index in [1.807, 2.05) is 20.8 Å². The minimum atomic E-state index is -0.428. The molecule has 1 fully saturated rings. The van der Waals surface area contributed by atoms with Gasteiger partial charge in [-0.15, -0.1) is 0 Å². The standard InChI is InChI=1S/C14H22N4O3/c1-4-11-13(19)17-10(7-9(2)3)14(20)18(11)6-5-12-15-8-16-21-12/h8-11H,4-7H2,1-3H3,(H,17,19). The molecule has 0 aromatic carbocycles. The van der Waals surface area contributed by atoms with Crippen molar-refractivity contribution in [2.24, 2.45) is 5.92 Å². The number of nitrogens with zero attached hydrogens (tertiary/aromatic N) is 3. The topological polar surface area (TPSA) is 88.3 Å². The number of carbonyl (C=O) groups excluding carboxylic acids is 2. The summed E-state index contributed by atoms with van der Waals surface area (Å²) in [7, 11) is 0. The molecule has 7 nitrogen and oxygen atoms in total. The molecule has 1 N–H and O–H groups in total. The second-order valence-corrected chi connectivity index (χ2v) is 5.73. The van der Waals surface area contributed by atoms with Crippen molar-refractivity contribution in [3.8, 4) is 0 Å². The van der Waals surface area contributed by atoms with E-state index in [0.717, 1.165) is 0 Å². The first-order chi connectivity index (χ1) is 10.0. The molecule has 1 aromatic rings. The molecule has 2 rings (SSSR count). The maximum absolute atomic E-state index is 12.6. The zero-order valence-electron chi connectivity index (χ0n) is 12.7. The van der Waals surface area contributed by atoms with Crippen LogP contribution < -0.4 is 5.32 Å². The Morgan fingerprint density at radius 1 is 1.43 bits per heavy atom. The maximum atomic E-state index is 12.6. The lowest BCUT2D eigenvalue weighted by Crippen LogP contribution is -2.63. The SMILES string of the molecule is CCC1C(=O)NC(CC(C)C)C(=O)N1CCc1ncno1. The Bertz CT molecular complexity index is 486. The zero-order chi connectivity index (χ0) is 15.4. The van der Waals surface area contributed by atoms with E-state index >= 15 is 0 Å². The second-order valence-electron chi connectivity index (χ2n) is 5.73. The summed E-state index contributed by atoms with van der Waals surface area (Å²) in [6, 6.07) is -0.841. The monoisotopic (exact) mass is 294 g/mol. The highest BCUT2D eigenvalue weighted by Crippen LogP contribution is 2.18. The molecule has 1 saturated heterocycles. The van der Waals surface area contributed by atoms with Crippen LogP contribution in [0.5, 0.6) is 0 Å². The van der Waals surface area contributed by atoms with E-state index < -0.39 is 12.1 Å². The van der Waals surface area contributed by atoms with Gasteiger partial charge in [-0.05, 0) is 18.8 Å². The lowest BCUT2D eigenvalue weighted by atomic mass is 9.97. The Hall–Kier alpha value is -1.92. The van der Waals surface area contributed by atoms with Crippen LogP contribution in [0.4, 0.5) is 0 Å². The number of hydrogen-bond acceptors (Lipinski definition) is 5.